The predicted molar refractivity (Wildman–Crippen MR) is 67.5 cm³/mol. The largest absolute Gasteiger partial charge is 0.505 e. The molecule has 0 amide bonds. The van der Waals surface area contributed by atoms with Crippen molar-refractivity contribution in [3.63, 3.8) is 0 Å². The minimum absolute atomic E-state index is 0. The molecule has 0 saturated heterocycles. The van der Waals surface area contributed by atoms with Crippen LogP contribution >= 0.6 is 12.4 Å². The van der Waals surface area contributed by atoms with Crippen LogP contribution in [-0.2, 0) is 0 Å². The molecule has 4 nitrogen and oxygen atoms in total. The fraction of sp³-hybridized carbons (Fsp3) is 0.455. The molecule has 6 N–H and O–H groups in total. The molecule has 1 aromatic carbocycles. The minimum Gasteiger partial charge on any atom is -0.505 e. The van der Waals surface area contributed by atoms with Crippen LogP contribution in [0.15, 0.2) is 12.1 Å². The Kier molecular flexibility index (Phi) is 5.19. The third-order valence-corrected chi connectivity index (χ3v) is 2.78. The van der Waals surface area contributed by atoms with Crippen molar-refractivity contribution in [2.45, 2.75) is 19.9 Å². The van der Waals surface area contributed by atoms with E-state index in [1.54, 1.807) is 13.8 Å². The van der Waals surface area contributed by atoms with Gasteiger partial charge in [0.25, 0.3) is 0 Å². The molecule has 6 heteroatoms. The van der Waals surface area contributed by atoms with Crippen molar-refractivity contribution in [1.82, 2.24) is 0 Å². The second-order valence-corrected chi connectivity index (χ2v) is 4.52. The quantitative estimate of drug-likeness (QED) is 0.492. The summed E-state index contributed by atoms with van der Waals surface area (Å²) in [5, 5.41) is 18.9. The summed E-state index contributed by atoms with van der Waals surface area (Å²) < 4.78 is 13.0. The number of aliphatic hydroxyl groups is 1. The first-order valence-electron chi connectivity index (χ1n) is 4.94. The number of aromatic hydroxyl groups is 1. The summed E-state index contributed by atoms with van der Waals surface area (Å²) in [5.41, 5.74) is 10.7. The zero-order valence-corrected chi connectivity index (χ0v) is 10.6. The number of phenols is 1. The zero-order chi connectivity index (χ0) is 12.5. The van der Waals surface area contributed by atoms with Gasteiger partial charge in [-0.25, -0.2) is 4.39 Å². The smallest absolute Gasteiger partial charge is 0.149 e. The van der Waals surface area contributed by atoms with Gasteiger partial charge >= 0.3 is 0 Å². The number of anilines is 1. The van der Waals surface area contributed by atoms with E-state index in [0.717, 1.165) is 6.07 Å². The summed E-state index contributed by atoms with van der Waals surface area (Å²) in [4.78, 5) is 0. The lowest BCUT2D eigenvalue weighted by Crippen LogP contribution is -2.32. The van der Waals surface area contributed by atoms with Crippen molar-refractivity contribution < 1.29 is 14.6 Å². The number of halogens is 2. The van der Waals surface area contributed by atoms with Crippen molar-refractivity contribution in [2.24, 2.45) is 11.1 Å². The van der Waals surface area contributed by atoms with Crippen LogP contribution in [0.2, 0.25) is 0 Å². The molecule has 0 fully saturated rings. The van der Waals surface area contributed by atoms with E-state index in [2.05, 4.69) is 0 Å². The molecule has 0 aliphatic heterocycles. The second kappa shape index (κ2) is 5.53. The lowest BCUT2D eigenvalue weighted by atomic mass is 9.81. The first-order chi connectivity index (χ1) is 7.31. The number of rotatable bonds is 3. The molecule has 1 atom stereocenters. The lowest BCUT2D eigenvalue weighted by molar-refractivity contribution is 0.131. The maximum atomic E-state index is 13.0. The van der Waals surface area contributed by atoms with Crippen LogP contribution in [0.1, 0.15) is 25.5 Å². The Morgan fingerprint density at radius 3 is 2.41 bits per heavy atom. The molecule has 0 radical (unpaired) electrons. The molecule has 0 aliphatic rings. The maximum absolute atomic E-state index is 13.0. The van der Waals surface area contributed by atoms with Crippen LogP contribution < -0.4 is 11.5 Å². The monoisotopic (exact) mass is 264 g/mol. The van der Waals surface area contributed by atoms with Crippen molar-refractivity contribution in [2.75, 3.05) is 12.3 Å². The number of nitrogen functional groups attached to an aromatic ring is 1. The van der Waals surface area contributed by atoms with Gasteiger partial charge in [-0.05, 0) is 6.07 Å². The Morgan fingerprint density at radius 1 is 1.41 bits per heavy atom. The van der Waals surface area contributed by atoms with Gasteiger partial charge in [0.2, 0.25) is 0 Å². The highest BCUT2D eigenvalue weighted by Crippen LogP contribution is 2.38. The molecule has 98 valence electrons. The third-order valence-electron chi connectivity index (χ3n) is 2.78. The summed E-state index contributed by atoms with van der Waals surface area (Å²) in [7, 11) is 0. The molecule has 0 heterocycles. The topological polar surface area (TPSA) is 92.5 Å². The Hall–Kier alpha value is -1.04. The number of hydrogen-bond donors (Lipinski definition) is 4. The maximum Gasteiger partial charge on any atom is 0.149 e. The molecule has 0 unspecified atom stereocenters. The van der Waals surface area contributed by atoms with Gasteiger partial charge in [-0.1, -0.05) is 19.9 Å². The van der Waals surface area contributed by atoms with E-state index in [-0.39, 0.29) is 30.5 Å². The molecule has 1 aromatic rings. The van der Waals surface area contributed by atoms with Crippen molar-refractivity contribution in [3.05, 3.63) is 23.5 Å². The third kappa shape index (κ3) is 3.00. The van der Waals surface area contributed by atoms with Crippen LogP contribution in [0.4, 0.5) is 10.1 Å². The lowest BCUT2D eigenvalue weighted by Gasteiger charge is -2.30. The fourth-order valence-electron chi connectivity index (χ4n) is 1.37. The molecule has 0 spiro atoms. The summed E-state index contributed by atoms with van der Waals surface area (Å²) >= 11 is 0. The van der Waals surface area contributed by atoms with E-state index in [9.17, 15) is 14.6 Å². The van der Waals surface area contributed by atoms with E-state index >= 15 is 0 Å². The van der Waals surface area contributed by atoms with Crippen LogP contribution in [0.3, 0.4) is 0 Å². The normalized spacial score (nSPS) is 13.0. The number of benzene rings is 1. The van der Waals surface area contributed by atoms with E-state index in [1.807, 2.05) is 0 Å². The van der Waals surface area contributed by atoms with Gasteiger partial charge in [-0.3, -0.25) is 0 Å². The molecule has 0 aliphatic carbocycles. The molecular formula is C11H18ClFN2O2. The van der Waals surface area contributed by atoms with Gasteiger partial charge in [-0.15, -0.1) is 12.4 Å². The Morgan fingerprint density at radius 2 is 1.94 bits per heavy atom. The van der Waals surface area contributed by atoms with Crippen LogP contribution in [0, 0.1) is 11.2 Å². The zero-order valence-electron chi connectivity index (χ0n) is 9.77. The van der Waals surface area contributed by atoms with Crippen LogP contribution in [0.5, 0.6) is 5.75 Å². The second-order valence-electron chi connectivity index (χ2n) is 4.52. The van der Waals surface area contributed by atoms with Gasteiger partial charge in [0.1, 0.15) is 17.3 Å². The Bertz CT molecular complexity index is 399. The van der Waals surface area contributed by atoms with Gasteiger partial charge < -0.3 is 21.7 Å². The highest BCUT2D eigenvalue weighted by Gasteiger charge is 2.29. The molecule has 0 saturated carbocycles. The first-order valence-corrected chi connectivity index (χ1v) is 4.94. The standard InChI is InChI=1S/C11H17FN2O2.ClH/c1-11(2,5-15)10(14)6-3-4-7(12)8(13)9(6)16;/h3-4,10,15-16H,5,13-14H2,1-2H3;1H/t10-;/m0./s1. The van der Waals surface area contributed by atoms with Crippen molar-refractivity contribution in [1.29, 1.82) is 0 Å². The van der Waals surface area contributed by atoms with Crippen LogP contribution in [0.25, 0.3) is 0 Å². The Balaban J connectivity index is 0.00000256. The van der Waals surface area contributed by atoms with E-state index < -0.39 is 17.3 Å². The van der Waals surface area contributed by atoms with Crippen molar-refractivity contribution >= 4 is 18.1 Å². The van der Waals surface area contributed by atoms with Gasteiger partial charge in [0, 0.05) is 23.6 Å². The summed E-state index contributed by atoms with van der Waals surface area (Å²) in [6.07, 6.45) is 0. The van der Waals surface area contributed by atoms with E-state index in [0.29, 0.717) is 5.56 Å². The fourth-order valence-corrected chi connectivity index (χ4v) is 1.37. The molecule has 0 bridgehead atoms. The summed E-state index contributed by atoms with van der Waals surface area (Å²) in [5.74, 6) is -1.04. The van der Waals surface area contributed by atoms with Gasteiger partial charge in [-0.2, -0.15) is 0 Å². The van der Waals surface area contributed by atoms with Crippen molar-refractivity contribution in [3.8, 4) is 5.75 Å². The minimum atomic E-state index is -0.685. The number of aliphatic hydroxyl groups excluding tert-OH is 1. The summed E-state index contributed by atoms with van der Waals surface area (Å²) in [6, 6.07) is 1.90. The molecule has 1 rings (SSSR count). The number of nitrogens with two attached hydrogens (primary N) is 2. The molecule has 17 heavy (non-hydrogen) atoms. The van der Waals surface area contributed by atoms with E-state index in [4.69, 9.17) is 11.5 Å². The molecule has 0 aromatic heterocycles. The number of phenolic OH excluding ortho intramolecular Hbond substituents is 1. The first kappa shape index (κ1) is 16.0. The average Bonchev–Trinajstić information content (AvgIpc) is 2.25. The highest BCUT2D eigenvalue weighted by molar-refractivity contribution is 5.85. The average molecular weight is 265 g/mol. The number of hydrogen-bond acceptors (Lipinski definition) is 4. The Labute approximate surface area is 106 Å². The van der Waals surface area contributed by atoms with Crippen LogP contribution in [-0.4, -0.2) is 16.8 Å². The highest BCUT2D eigenvalue weighted by atomic mass is 35.5. The molecular weight excluding hydrogens is 247 g/mol. The SMILES string of the molecule is CC(C)(CO)[C@@H](N)c1ccc(F)c(N)c1O.Cl. The summed E-state index contributed by atoms with van der Waals surface area (Å²) in [6.45, 7) is 3.35. The predicted octanol–water partition coefficient (Wildman–Crippen LogP) is 1.55. The van der Waals surface area contributed by atoms with E-state index in [1.165, 1.54) is 6.07 Å². The van der Waals surface area contributed by atoms with Gasteiger partial charge in [0.15, 0.2) is 0 Å². The van der Waals surface area contributed by atoms with Gasteiger partial charge in [0.05, 0.1) is 0 Å².